The highest BCUT2D eigenvalue weighted by molar-refractivity contribution is 6.33. The van der Waals surface area contributed by atoms with Crippen LogP contribution in [0.4, 0.5) is 65.9 Å². The zero-order valence-corrected chi connectivity index (χ0v) is 62.6. The van der Waals surface area contributed by atoms with Gasteiger partial charge in [0.15, 0.2) is 34.7 Å². The van der Waals surface area contributed by atoms with Gasteiger partial charge in [0.25, 0.3) is 0 Å². The van der Waals surface area contributed by atoms with Crippen molar-refractivity contribution in [3.63, 3.8) is 0 Å². The Kier molecular flexibility index (Phi) is 35.4. The van der Waals surface area contributed by atoms with Crippen molar-refractivity contribution in [2.75, 3.05) is 133 Å². The topological polar surface area (TPSA) is 281 Å². The molecule has 6 heterocycles. The average Bonchev–Trinajstić information content (AvgIpc) is 1.01. The highest BCUT2D eigenvalue weighted by atomic mass is 35.5. The minimum Gasteiger partial charge on any atom is -0.494 e. The molecular formula is C71H109Cl3F3N21O3. The fourth-order valence-electron chi connectivity index (χ4n) is 12.7. The van der Waals surface area contributed by atoms with E-state index in [2.05, 4.69) is 114 Å². The number of methoxy groups -OCH3 is 3. The monoisotopic (exact) mass is 1470 g/mol. The van der Waals surface area contributed by atoms with Crippen LogP contribution >= 0.6 is 34.8 Å². The number of benzene rings is 3. The lowest BCUT2D eigenvalue weighted by Crippen LogP contribution is -2.42. The molecule has 12 rings (SSSR count). The summed E-state index contributed by atoms with van der Waals surface area (Å²) >= 11 is 16.0. The highest BCUT2D eigenvalue weighted by Crippen LogP contribution is 2.30. The molecule has 6 aromatic rings. The van der Waals surface area contributed by atoms with Crippen molar-refractivity contribution in [1.29, 1.82) is 0 Å². The van der Waals surface area contributed by atoms with Gasteiger partial charge in [-0.15, -0.1) is 0 Å². The van der Waals surface area contributed by atoms with Crippen LogP contribution in [0, 0.1) is 17.5 Å². The van der Waals surface area contributed by atoms with Crippen LogP contribution in [0.25, 0.3) is 0 Å². The Balaban J connectivity index is 0.000000191. The first-order chi connectivity index (χ1) is 48.8. The third kappa shape index (κ3) is 29.1. The molecule has 0 radical (unpaired) electrons. The number of hydrogen-bond donors (Lipinski definition) is 8. The maximum absolute atomic E-state index is 14.2. The molecule has 6 fully saturated rings. The van der Waals surface area contributed by atoms with Gasteiger partial charge in [-0.05, 0) is 209 Å². The van der Waals surface area contributed by atoms with Crippen LogP contribution in [-0.2, 0) is 0 Å². The molecule has 0 spiro atoms. The van der Waals surface area contributed by atoms with Crippen LogP contribution in [0.15, 0.2) is 54.6 Å². The number of halogens is 6. The van der Waals surface area contributed by atoms with Crippen molar-refractivity contribution in [1.82, 2.24) is 65.3 Å². The van der Waals surface area contributed by atoms with Crippen LogP contribution in [0.2, 0.25) is 15.9 Å². The molecule has 558 valence electrons. The number of aromatic nitrogens is 9. The van der Waals surface area contributed by atoms with E-state index in [1.807, 2.05) is 7.05 Å². The summed E-state index contributed by atoms with van der Waals surface area (Å²) < 4.78 is 55.8. The second-order valence-electron chi connectivity index (χ2n) is 26.6. The summed E-state index contributed by atoms with van der Waals surface area (Å²) in [7, 11) is 14.8. The van der Waals surface area contributed by atoms with Crippen molar-refractivity contribution < 1.29 is 27.4 Å². The minimum absolute atomic E-state index is 0.000000000000000444. The van der Waals surface area contributed by atoms with E-state index in [0.717, 1.165) is 83.6 Å². The zero-order chi connectivity index (χ0) is 72.5. The maximum atomic E-state index is 14.2. The van der Waals surface area contributed by atoms with Crippen LogP contribution < -0.4 is 67.4 Å². The molecule has 3 aliphatic carbocycles. The molecule has 3 saturated heterocycles. The van der Waals surface area contributed by atoms with Gasteiger partial charge in [-0.3, -0.25) is 0 Å². The second kappa shape index (κ2) is 44.0. The summed E-state index contributed by atoms with van der Waals surface area (Å²) in [6.07, 6.45) is 29.4. The van der Waals surface area contributed by atoms with Crippen molar-refractivity contribution in [3.8, 4) is 17.2 Å². The van der Waals surface area contributed by atoms with Gasteiger partial charge in [0.05, 0.1) is 21.3 Å². The first-order valence-electron chi connectivity index (χ1n) is 35.8. The Hall–Kier alpha value is -6.85. The summed E-state index contributed by atoms with van der Waals surface area (Å²) in [6.45, 7) is 6.61. The zero-order valence-electron chi connectivity index (χ0n) is 60.3. The van der Waals surface area contributed by atoms with E-state index in [1.54, 1.807) is 30.3 Å². The molecule has 0 amide bonds. The van der Waals surface area contributed by atoms with Crippen LogP contribution in [0.5, 0.6) is 17.2 Å². The van der Waals surface area contributed by atoms with Gasteiger partial charge in [-0.1, -0.05) is 77.0 Å². The molecule has 101 heavy (non-hydrogen) atoms. The lowest BCUT2D eigenvalue weighted by molar-refractivity contribution is 0.240. The van der Waals surface area contributed by atoms with Gasteiger partial charge in [-0.2, -0.15) is 44.9 Å². The number of nitrogens with two attached hydrogens (primary N) is 2. The molecule has 10 N–H and O–H groups in total. The molecule has 0 atom stereocenters. The first kappa shape index (κ1) is 81.4. The van der Waals surface area contributed by atoms with Crippen LogP contribution in [0.1, 0.15) is 154 Å². The van der Waals surface area contributed by atoms with Crippen molar-refractivity contribution in [3.05, 3.63) is 87.9 Å². The van der Waals surface area contributed by atoms with Gasteiger partial charge in [0, 0.05) is 85.6 Å². The molecule has 3 saturated carbocycles. The highest BCUT2D eigenvalue weighted by Gasteiger charge is 2.26. The summed E-state index contributed by atoms with van der Waals surface area (Å²) in [5.41, 5.74) is 12.5. The number of nitrogens with zero attached hydrogens (tertiary/aromatic N) is 13. The summed E-state index contributed by atoms with van der Waals surface area (Å²) in [6, 6.07) is 16.5. The van der Waals surface area contributed by atoms with Gasteiger partial charge >= 0.3 is 0 Å². The number of nitrogen functional groups attached to an aromatic ring is 1. The van der Waals surface area contributed by atoms with E-state index in [0.29, 0.717) is 83.0 Å². The van der Waals surface area contributed by atoms with Crippen molar-refractivity contribution in [2.45, 2.75) is 190 Å². The standard InChI is InChI=1S/C24H36FN7O.C23H34FN7O.C7H8FNO.C7H16N2.C7H15N.C3Cl3N3/c1-31-14-12-19(13-15-31)32(2)24-29-22(26-17-8-6-4-5-7-9-17)28-23(30-24)27-18-10-11-21(33-3)20(25)16-18;1-31(18-11-13-25-14-12-18)23-29-21(26-16-7-5-3-4-6-8-16)28-22(30-23)27-17-9-10-20(32-2)19(24)15-17;1-10-7-3-2-5(9)4-6(7)8;1-8-7-3-5-9(2)6-4-7;8-7-5-3-1-2-4-6-7;4-1-7-2(5)9-3(6)8-1/h10-11,16-17,19H,4-9,12-15H2,1-3H3,(H2,26,27,28,29,30);9-10,15-16,18,25H,3-8,11-14H2,1-2H3,(H2,26,27,28,29,30);2-4H,9H2,1H3;7-8H,3-6H2,1-2H3;7H,1-6,8H2;. The molecule has 24 nitrogen and oxygen atoms in total. The van der Waals surface area contributed by atoms with Crippen LogP contribution in [0.3, 0.4) is 0 Å². The Morgan fingerprint density at radius 2 is 0.812 bits per heavy atom. The van der Waals surface area contributed by atoms with E-state index in [1.165, 1.54) is 161 Å². The predicted molar refractivity (Wildman–Crippen MR) is 403 cm³/mol. The van der Waals surface area contributed by atoms with Gasteiger partial charge in [-0.25, -0.2) is 13.2 Å². The maximum Gasteiger partial charge on any atom is 0.233 e. The Bertz CT molecular complexity index is 3300. The van der Waals surface area contributed by atoms with E-state index in [9.17, 15) is 13.2 Å². The molecule has 6 aliphatic rings. The number of hydrogen-bond acceptors (Lipinski definition) is 24. The fourth-order valence-corrected chi connectivity index (χ4v) is 13.4. The Morgan fingerprint density at radius 3 is 1.19 bits per heavy atom. The summed E-state index contributed by atoms with van der Waals surface area (Å²) in [5.74, 6) is 2.53. The van der Waals surface area contributed by atoms with Crippen LogP contribution in [-0.4, -0.2) is 187 Å². The molecule has 0 unspecified atom stereocenters. The SMILES string of the molecule is CNC1CCN(C)CC1.COc1ccc(N)cc1F.COc1ccc(Nc2nc(NC3CCCCCC3)nc(N(C)C3CCN(C)CC3)n2)cc1F.COc1ccc(Nc2nc(NC3CCCCCC3)nc(N(C)C3CCNCC3)n2)cc1F.Clc1nc(Cl)nc(Cl)n1.NC1CCCCCC1. The third-order valence-electron chi connectivity index (χ3n) is 18.9. The number of rotatable bonds is 16. The molecule has 3 aromatic heterocycles. The lowest BCUT2D eigenvalue weighted by atomic mass is 10.0. The lowest BCUT2D eigenvalue weighted by Gasteiger charge is -2.35. The number of nitrogens with one attached hydrogen (secondary N) is 6. The van der Waals surface area contributed by atoms with E-state index >= 15 is 0 Å². The largest absolute Gasteiger partial charge is 0.494 e. The molecule has 3 aromatic carbocycles. The number of piperidine rings is 3. The van der Waals surface area contributed by atoms with E-state index < -0.39 is 17.5 Å². The quantitative estimate of drug-likeness (QED) is 0.0330. The number of anilines is 9. The van der Waals surface area contributed by atoms with E-state index in [-0.39, 0.29) is 33.1 Å². The molecular weight excluding hydrogens is 1360 g/mol. The molecule has 3 aliphatic heterocycles. The van der Waals surface area contributed by atoms with Gasteiger partial charge in [0.1, 0.15) is 0 Å². The van der Waals surface area contributed by atoms with Crippen molar-refractivity contribution >= 4 is 87.6 Å². The third-order valence-corrected chi connectivity index (χ3v) is 19.4. The Labute approximate surface area is 611 Å². The summed E-state index contributed by atoms with van der Waals surface area (Å²) in [5, 5.41) is 20.1. The number of ether oxygens (including phenoxy) is 3. The second-order valence-corrected chi connectivity index (χ2v) is 27.6. The van der Waals surface area contributed by atoms with Crippen molar-refractivity contribution in [2.24, 2.45) is 5.73 Å². The fraction of sp³-hybridized carbons (Fsp3) is 0.620. The predicted octanol–water partition coefficient (Wildman–Crippen LogP) is 13.7. The van der Waals surface area contributed by atoms with Gasteiger partial charge < -0.3 is 77.2 Å². The Morgan fingerprint density at radius 1 is 0.455 bits per heavy atom. The number of likely N-dealkylation sites (tertiary alicyclic amines) is 2. The normalized spacial score (nSPS) is 17.8. The smallest absolute Gasteiger partial charge is 0.233 e. The average molecular weight is 1470 g/mol. The molecule has 0 bridgehead atoms. The van der Waals surface area contributed by atoms with Gasteiger partial charge in [0.2, 0.25) is 51.5 Å². The first-order valence-corrected chi connectivity index (χ1v) is 37.0. The summed E-state index contributed by atoms with van der Waals surface area (Å²) in [4.78, 5) is 47.6. The molecule has 30 heteroatoms. The minimum atomic E-state index is -0.435. The van der Waals surface area contributed by atoms with E-state index in [4.69, 9.17) is 70.7 Å².